The summed E-state index contributed by atoms with van der Waals surface area (Å²) in [7, 11) is -0.743. The molecule has 0 aromatic heterocycles. The lowest BCUT2D eigenvalue weighted by Crippen LogP contribution is -2.21. The third-order valence-electron chi connectivity index (χ3n) is 4.13. The second-order valence-corrected chi connectivity index (χ2v) is 8.03. The fraction of sp³-hybridized carbons (Fsp3) is 0.143. The molecule has 0 radical (unpaired) electrons. The van der Waals surface area contributed by atoms with Crippen LogP contribution >= 0.6 is 7.92 Å². The van der Waals surface area contributed by atoms with Gasteiger partial charge in [0, 0.05) is 0 Å². The molecule has 3 N–H and O–H groups in total. The van der Waals surface area contributed by atoms with Crippen molar-refractivity contribution in [1.82, 2.24) is 0 Å². The van der Waals surface area contributed by atoms with E-state index in [4.69, 9.17) is 0 Å². The van der Waals surface area contributed by atoms with Crippen LogP contribution in [0.2, 0.25) is 0 Å². The van der Waals surface area contributed by atoms with Gasteiger partial charge in [-0.2, -0.15) is 0 Å². The topological polar surface area (TPSA) is 60.7 Å². The van der Waals surface area contributed by atoms with E-state index in [1.54, 1.807) is 0 Å². The van der Waals surface area contributed by atoms with Crippen LogP contribution in [0.3, 0.4) is 0 Å². The predicted octanol–water partition coefficient (Wildman–Crippen LogP) is 1.92. The molecule has 0 aliphatic rings. The molecular formula is C21H21O3P. The van der Waals surface area contributed by atoms with Crippen molar-refractivity contribution in [3.8, 4) is 0 Å². The summed E-state index contributed by atoms with van der Waals surface area (Å²) in [5.74, 6) is 0. The second kappa shape index (κ2) is 8.37. The third kappa shape index (κ3) is 4.15. The minimum absolute atomic E-state index is 0.0363. The Bertz CT molecular complexity index is 683. The second-order valence-electron chi connectivity index (χ2n) is 5.81. The van der Waals surface area contributed by atoms with E-state index in [1.165, 1.54) is 15.9 Å². The first-order chi connectivity index (χ1) is 12.2. The van der Waals surface area contributed by atoms with Crippen molar-refractivity contribution in [2.45, 2.75) is 19.8 Å². The van der Waals surface area contributed by atoms with E-state index in [2.05, 4.69) is 36.4 Å². The van der Waals surface area contributed by atoms with Gasteiger partial charge in [-0.15, -0.1) is 0 Å². The Hall–Kier alpha value is -2.03. The van der Waals surface area contributed by atoms with Gasteiger partial charge in [0.25, 0.3) is 0 Å². The van der Waals surface area contributed by atoms with E-state index < -0.39 is 7.92 Å². The molecule has 0 bridgehead atoms. The molecule has 0 aliphatic heterocycles. The van der Waals surface area contributed by atoms with Crippen LogP contribution in [0, 0.1) is 0 Å². The summed E-state index contributed by atoms with van der Waals surface area (Å²) in [6.07, 6.45) is 0. The zero-order valence-electron chi connectivity index (χ0n) is 13.8. The van der Waals surface area contributed by atoms with Crippen molar-refractivity contribution in [3.05, 3.63) is 89.5 Å². The zero-order chi connectivity index (χ0) is 17.6. The fourth-order valence-electron chi connectivity index (χ4n) is 2.70. The van der Waals surface area contributed by atoms with Crippen molar-refractivity contribution < 1.29 is 15.3 Å². The van der Waals surface area contributed by atoms with Gasteiger partial charge in [-0.3, -0.25) is 0 Å². The molecule has 25 heavy (non-hydrogen) atoms. The first-order valence-corrected chi connectivity index (χ1v) is 9.49. The molecule has 0 spiro atoms. The minimum Gasteiger partial charge on any atom is -0.392 e. The van der Waals surface area contributed by atoms with Crippen LogP contribution in [-0.2, 0) is 19.8 Å². The molecule has 0 atom stereocenters. The lowest BCUT2D eigenvalue weighted by Gasteiger charge is -2.20. The summed E-state index contributed by atoms with van der Waals surface area (Å²) in [5.41, 5.74) is 2.68. The molecule has 4 heteroatoms. The molecule has 0 heterocycles. The number of aliphatic hydroxyl groups is 3. The SMILES string of the molecule is OCc1ccc(P(c2ccc(CO)cc2)c2ccc(CO)cc2)cc1. The van der Waals surface area contributed by atoms with Crippen LogP contribution in [-0.4, -0.2) is 15.3 Å². The van der Waals surface area contributed by atoms with Gasteiger partial charge in [0.2, 0.25) is 0 Å². The molecule has 3 nitrogen and oxygen atoms in total. The average Bonchev–Trinajstić information content (AvgIpc) is 2.70. The van der Waals surface area contributed by atoms with Crippen molar-refractivity contribution in [2.24, 2.45) is 0 Å². The number of hydrogen-bond acceptors (Lipinski definition) is 3. The van der Waals surface area contributed by atoms with Gasteiger partial charge < -0.3 is 15.3 Å². The van der Waals surface area contributed by atoms with Gasteiger partial charge in [0.1, 0.15) is 0 Å². The largest absolute Gasteiger partial charge is 0.392 e. The van der Waals surface area contributed by atoms with Crippen LogP contribution in [0.25, 0.3) is 0 Å². The molecule has 0 saturated carbocycles. The van der Waals surface area contributed by atoms with Gasteiger partial charge in [-0.05, 0) is 40.5 Å². The molecule has 128 valence electrons. The van der Waals surface area contributed by atoms with E-state index >= 15 is 0 Å². The standard InChI is InChI=1S/C21H21O3P/c22-13-16-1-7-19(8-2-16)25(20-9-3-17(14-23)4-10-20)21-11-5-18(15-24)6-12-21/h1-12,22-24H,13-15H2. The molecule has 3 rings (SSSR count). The summed E-state index contributed by atoms with van der Waals surface area (Å²) in [6.45, 7) is 0.109. The molecule has 3 aromatic rings. The van der Waals surface area contributed by atoms with Crippen molar-refractivity contribution in [3.63, 3.8) is 0 Å². The van der Waals surface area contributed by atoms with Crippen LogP contribution in [0.1, 0.15) is 16.7 Å². The molecule has 0 saturated heterocycles. The Balaban J connectivity index is 2.04. The Morgan fingerprint density at radius 1 is 0.440 bits per heavy atom. The van der Waals surface area contributed by atoms with Gasteiger partial charge in [0.15, 0.2) is 0 Å². The fourth-order valence-corrected chi connectivity index (χ4v) is 4.93. The lowest BCUT2D eigenvalue weighted by molar-refractivity contribution is 0.281. The number of benzene rings is 3. The maximum absolute atomic E-state index is 9.27. The summed E-state index contributed by atoms with van der Waals surface area (Å²) in [4.78, 5) is 0. The maximum Gasteiger partial charge on any atom is 0.0681 e. The average molecular weight is 352 g/mol. The number of hydrogen-bond donors (Lipinski definition) is 3. The highest BCUT2D eigenvalue weighted by atomic mass is 31.1. The predicted molar refractivity (Wildman–Crippen MR) is 103 cm³/mol. The Morgan fingerprint density at radius 3 is 0.880 bits per heavy atom. The highest BCUT2D eigenvalue weighted by Crippen LogP contribution is 2.33. The van der Waals surface area contributed by atoms with Gasteiger partial charge in [-0.1, -0.05) is 72.8 Å². The van der Waals surface area contributed by atoms with Crippen LogP contribution in [0.5, 0.6) is 0 Å². The summed E-state index contributed by atoms with van der Waals surface area (Å²) in [6, 6.07) is 24.1. The van der Waals surface area contributed by atoms with E-state index in [-0.39, 0.29) is 19.8 Å². The molecule has 0 amide bonds. The maximum atomic E-state index is 9.27. The smallest absolute Gasteiger partial charge is 0.0681 e. The summed E-state index contributed by atoms with van der Waals surface area (Å²) in [5, 5.41) is 31.4. The summed E-state index contributed by atoms with van der Waals surface area (Å²) < 4.78 is 0. The van der Waals surface area contributed by atoms with E-state index in [9.17, 15) is 15.3 Å². The Kier molecular flexibility index (Phi) is 5.95. The molecular weight excluding hydrogens is 331 g/mol. The monoisotopic (exact) mass is 352 g/mol. The van der Waals surface area contributed by atoms with Gasteiger partial charge in [-0.25, -0.2) is 0 Å². The summed E-state index contributed by atoms with van der Waals surface area (Å²) >= 11 is 0. The lowest BCUT2D eigenvalue weighted by atomic mass is 10.2. The molecule has 0 unspecified atom stereocenters. The third-order valence-corrected chi connectivity index (χ3v) is 6.57. The Morgan fingerprint density at radius 2 is 0.680 bits per heavy atom. The minimum atomic E-state index is -0.743. The van der Waals surface area contributed by atoms with Crippen LogP contribution in [0.15, 0.2) is 72.8 Å². The van der Waals surface area contributed by atoms with E-state index in [0.29, 0.717) is 0 Å². The first kappa shape index (κ1) is 17.8. The van der Waals surface area contributed by atoms with Crippen LogP contribution in [0.4, 0.5) is 0 Å². The van der Waals surface area contributed by atoms with Crippen molar-refractivity contribution in [2.75, 3.05) is 0 Å². The molecule has 0 fully saturated rings. The van der Waals surface area contributed by atoms with Gasteiger partial charge >= 0.3 is 0 Å². The van der Waals surface area contributed by atoms with Crippen molar-refractivity contribution >= 4 is 23.8 Å². The highest BCUT2D eigenvalue weighted by molar-refractivity contribution is 7.79. The number of rotatable bonds is 6. The zero-order valence-corrected chi connectivity index (χ0v) is 14.7. The Labute approximate surface area is 149 Å². The van der Waals surface area contributed by atoms with Crippen LogP contribution < -0.4 is 15.9 Å². The first-order valence-electron chi connectivity index (χ1n) is 8.14. The van der Waals surface area contributed by atoms with E-state index in [1.807, 2.05) is 36.4 Å². The van der Waals surface area contributed by atoms with Crippen molar-refractivity contribution in [1.29, 1.82) is 0 Å². The number of aliphatic hydroxyl groups excluding tert-OH is 3. The quantitative estimate of drug-likeness (QED) is 0.594. The van der Waals surface area contributed by atoms with Gasteiger partial charge in [0.05, 0.1) is 19.8 Å². The highest BCUT2D eigenvalue weighted by Gasteiger charge is 2.16. The van der Waals surface area contributed by atoms with E-state index in [0.717, 1.165) is 16.7 Å². The molecule has 3 aromatic carbocycles. The normalized spacial score (nSPS) is 11.0. The molecule has 0 aliphatic carbocycles.